The minimum Gasteiger partial charge on any atom is -0.456 e. The van der Waals surface area contributed by atoms with Crippen LogP contribution in [0.1, 0.15) is 103 Å². The zero-order valence-electron chi connectivity index (χ0n) is 40.4. The zero-order chi connectivity index (χ0) is 46.1. The summed E-state index contributed by atoms with van der Waals surface area (Å²) in [5.41, 5.74) is 23.3. The summed E-state index contributed by atoms with van der Waals surface area (Å²) in [7, 11) is 0. The van der Waals surface area contributed by atoms with Crippen LogP contribution in [-0.4, -0.2) is 11.4 Å². The third kappa shape index (κ3) is 4.91. The first-order valence-corrected chi connectivity index (χ1v) is 25.5. The molecule has 3 aromatic heterocycles. The van der Waals surface area contributed by atoms with Crippen LogP contribution in [0.15, 0.2) is 138 Å². The van der Waals surface area contributed by atoms with E-state index in [0.29, 0.717) is 0 Å². The van der Waals surface area contributed by atoms with Crippen molar-refractivity contribution in [2.45, 2.75) is 96.8 Å². The lowest BCUT2D eigenvalue weighted by atomic mass is 9.44. The minimum absolute atomic E-state index is 0.0276. The van der Waals surface area contributed by atoms with Gasteiger partial charge < -0.3 is 13.8 Å². The molecular weight excluding hydrogens is 844 g/mol. The predicted octanol–water partition coefficient (Wildman–Crippen LogP) is 16.2. The summed E-state index contributed by atoms with van der Waals surface area (Å²) < 4.78 is 12.4. The van der Waals surface area contributed by atoms with Gasteiger partial charge in [-0.2, -0.15) is 0 Å². The van der Waals surface area contributed by atoms with Crippen molar-refractivity contribution in [3.05, 3.63) is 161 Å². The van der Waals surface area contributed by atoms with Crippen LogP contribution in [0.3, 0.4) is 0 Å². The van der Waals surface area contributed by atoms with Crippen molar-refractivity contribution in [3.8, 4) is 27.9 Å². The number of rotatable bonds is 1. The monoisotopic (exact) mass is 896 g/mol. The van der Waals surface area contributed by atoms with Crippen molar-refractivity contribution in [1.82, 2.24) is 4.57 Å². The highest BCUT2D eigenvalue weighted by atomic mass is 32.1. The highest BCUT2D eigenvalue weighted by Gasteiger charge is 2.46. The second kappa shape index (κ2) is 12.6. The Kier molecular flexibility index (Phi) is 7.28. The summed E-state index contributed by atoms with van der Waals surface area (Å²) in [6.07, 6.45) is 2.34. The Labute approximate surface area is 402 Å². The molecule has 0 atom stereocenters. The summed E-state index contributed by atoms with van der Waals surface area (Å²) >= 11 is 1.91. The average molecular weight is 897 g/mol. The van der Waals surface area contributed by atoms with Gasteiger partial charge in [0.2, 0.25) is 0 Å². The molecule has 0 amide bonds. The minimum atomic E-state index is -0.107. The highest BCUT2D eigenvalue weighted by Crippen LogP contribution is 2.54. The lowest BCUT2D eigenvalue weighted by Gasteiger charge is -2.42. The normalized spacial score (nSPS) is 17.1. The van der Waals surface area contributed by atoms with Crippen LogP contribution >= 0.6 is 11.3 Å². The van der Waals surface area contributed by atoms with Gasteiger partial charge in [-0.15, -0.1) is 11.3 Å². The molecule has 330 valence electrons. The van der Waals surface area contributed by atoms with Crippen LogP contribution in [0.25, 0.3) is 91.9 Å². The molecule has 0 bridgehead atoms. The lowest BCUT2D eigenvalue weighted by Crippen LogP contribution is -2.60. The molecule has 4 aliphatic rings. The number of hydrogen-bond donors (Lipinski definition) is 0. The topological polar surface area (TPSA) is 21.3 Å². The van der Waals surface area contributed by atoms with Crippen molar-refractivity contribution >= 4 is 104 Å². The van der Waals surface area contributed by atoms with Gasteiger partial charge in [0, 0.05) is 69.8 Å². The van der Waals surface area contributed by atoms with Gasteiger partial charge in [-0.1, -0.05) is 135 Å². The number of nitrogens with zero attached hydrogens (tertiary/aromatic N) is 2. The Balaban J connectivity index is 1.09. The molecule has 0 saturated carbocycles. The first kappa shape index (κ1) is 39.4. The van der Waals surface area contributed by atoms with Crippen LogP contribution in [0.4, 0.5) is 11.4 Å². The molecule has 0 radical (unpaired) electrons. The summed E-state index contributed by atoms with van der Waals surface area (Å²) in [5, 5.41) is 7.68. The first-order valence-electron chi connectivity index (χ1n) is 24.7. The zero-order valence-corrected chi connectivity index (χ0v) is 41.2. The van der Waals surface area contributed by atoms with E-state index in [-0.39, 0.29) is 28.5 Å². The Bertz CT molecular complexity index is 4110. The van der Waals surface area contributed by atoms with E-state index in [9.17, 15) is 0 Å². The first-order chi connectivity index (χ1) is 32.6. The van der Waals surface area contributed by atoms with Gasteiger partial charge in [-0.3, -0.25) is 0 Å². The molecule has 11 aromatic rings. The molecule has 2 aliphatic carbocycles. The van der Waals surface area contributed by atoms with Gasteiger partial charge in [-0.05, 0) is 145 Å². The second-order valence-electron chi connectivity index (χ2n) is 23.5. The molecule has 0 saturated heterocycles. The maximum Gasteiger partial charge on any atom is 0.333 e. The smallest absolute Gasteiger partial charge is 0.333 e. The maximum atomic E-state index is 7.06. The molecule has 0 unspecified atom stereocenters. The molecule has 8 aromatic carbocycles. The fraction of sp³-hybridized carbons (Fsp3) is 0.238. The van der Waals surface area contributed by atoms with E-state index in [4.69, 9.17) is 4.42 Å². The Hall–Kier alpha value is -6.56. The fourth-order valence-electron chi connectivity index (χ4n) is 13.5. The number of furan rings is 1. The van der Waals surface area contributed by atoms with Crippen molar-refractivity contribution in [2.75, 3.05) is 4.81 Å². The van der Waals surface area contributed by atoms with Crippen LogP contribution < -0.4 is 15.7 Å². The number of aromatic nitrogens is 1. The van der Waals surface area contributed by atoms with E-state index in [1.54, 1.807) is 0 Å². The molecule has 0 N–H and O–H groups in total. The molecule has 68 heavy (non-hydrogen) atoms. The molecule has 2 aliphatic heterocycles. The standard InChI is InChI=1S/C63H53BN2OS/c1-60(2,3)34-18-20-35(21-19-34)66-52-30-44-43-27-48-49(62(6,7)25-24-61(48,4)5)32-55(43)67-54(44)31-42(52)38-22-23-39-41-26-47-40(36-14-10-12-16-46(36)63(47,8)9)29-51(41)65-53-33-57-45(37-15-11-13-17-56(37)68-57)28-50(53)64(66)58(38)59(39)65/h10-23,26-33H,24-25H2,1-9H3. The Morgan fingerprint density at radius 2 is 1.24 bits per heavy atom. The number of hydrogen-bond acceptors (Lipinski definition) is 3. The van der Waals surface area contributed by atoms with E-state index in [1.807, 2.05) is 11.3 Å². The number of fused-ring (bicyclic) bond motifs is 18. The van der Waals surface area contributed by atoms with E-state index >= 15 is 0 Å². The molecule has 5 heteroatoms. The Morgan fingerprint density at radius 3 is 2.03 bits per heavy atom. The maximum absolute atomic E-state index is 7.06. The van der Waals surface area contributed by atoms with Gasteiger partial charge >= 0.3 is 6.85 Å². The quantitative estimate of drug-likeness (QED) is 0.153. The number of benzene rings is 8. The average Bonchev–Trinajstić information content (AvgIpc) is 4.03. The van der Waals surface area contributed by atoms with Crippen molar-refractivity contribution < 1.29 is 4.42 Å². The summed E-state index contributed by atoms with van der Waals surface area (Å²) in [5.74, 6) is 0. The number of anilines is 2. The molecule has 15 rings (SSSR count). The third-order valence-electron chi connectivity index (χ3n) is 17.4. The molecule has 0 fully saturated rings. The fourth-order valence-corrected chi connectivity index (χ4v) is 14.7. The third-order valence-corrected chi connectivity index (χ3v) is 18.5. The summed E-state index contributed by atoms with van der Waals surface area (Å²) in [6, 6.07) is 52.4. The van der Waals surface area contributed by atoms with Crippen LogP contribution in [0.2, 0.25) is 0 Å². The van der Waals surface area contributed by atoms with Gasteiger partial charge in [0.05, 0.1) is 11.0 Å². The summed E-state index contributed by atoms with van der Waals surface area (Å²) in [6.45, 7) is 21.3. The van der Waals surface area contributed by atoms with Crippen LogP contribution in [0.5, 0.6) is 0 Å². The van der Waals surface area contributed by atoms with Gasteiger partial charge in [0.25, 0.3) is 0 Å². The van der Waals surface area contributed by atoms with Crippen LogP contribution in [0, 0.1) is 0 Å². The Morgan fingerprint density at radius 1 is 0.529 bits per heavy atom. The van der Waals surface area contributed by atoms with E-state index in [1.165, 1.54) is 144 Å². The second-order valence-corrected chi connectivity index (χ2v) is 24.6. The van der Waals surface area contributed by atoms with Gasteiger partial charge in [0.1, 0.15) is 11.2 Å². The molecule has 0 spiro atoms. The van der Waals surface area contributed by atoms with Gasteiger partial charge in [-0.25, -0.2) is 0 Å². The molecular formula is C63H53BN2OS. The molecule has 3 nitrogen and oxygen atoms in total. The summed E-state index contributed by atoms with van der Waals surface area (Å²) in [4.78, 5) is 2.70. The predicted molar refractivity (Wildman–Crippen MR) is 292 cm³/mol. The van der Waals surface area contributed by atoms with E-state index in [2.05, 4.69) is 205 Å². The van der Waals surface area contributed by atoms with E-state index in [0.717, 1.165) is 11.2 Å². The van der Waals surface area contributed by atoms with Crippen molar-refractivity contribution in [1.29, 1.82) is 0 Å². The van der Waals surface area contributed by atoms with Crippen molar-refractivity contribution in [2.24, 2.45) is 0 Å². The SMILES string of the molecule is CC(C)(C)c1ccc(N2B3c4cc5c(cc4-n4c6cc7c(cc6c6ccc(c3c64)-c3cc4oc6cc8c(cc6c4cc32)C(C)(C)CCC8(C)C)C(C)(C)c2ccccc2-7)sc2ccccc25)cc1. The largest absolute Gasteiger partial charge is 0.456 e. The van der Waals surface area contributed by atoms with Crippen molar-refractivity contribution in [3.63, 3.8) is 0 Å². The molecule has 5 heterocycles. The van der Waals surface area contributed by atoms with Crippen LogP contribution in [-0.2, 0) is 21.7 Å². The van der Waals surface area contributed by atoms with Gasteiger partial charge in [0.15, 0.2) is 0 Å². The number of thiophene rings is 1. The lowest BCUT2D eigenvalue weighted by molar-refractivity contribution is 0.332. The highest BCUT2D eigenvalue weighted by molar-refractivity contribution is 7.26. The van der Waals surface area contributed by atoms with E-state index < -0.39 is 0 Å².